The lowest BCUT2D eigenvalue weighted by atomic mass is 10.2. The third-order valence-electron chi connectivity index (χ3n) is 2.65. The zero-order valence-corrected chi connectivity index (χ0v) is 10.5. The molecule has 0 bridgehead atoms. The number of hydrogen-bond acceptors (Lipinski definition) is 2. The van der Waals surface area contributed by atoms with Gasteiger partial charge in [-0.2, -0.15) is 4.39 Å². The van der Waals surface area contributed by atoms with Gasteiger partial charge in [-0.25, -0.2) is 4.39 Å². The van der Waals surface area contributed by atoms with E-state index in [1.807, 2.05) is 13.8 Å². The summed E-state index contributed by atoms with van der Waals surface area (Å²) in [6.07, 6.45) is 0.795. The predicted molar refractivity (Wildman–Crippen MR) is 64.2 cm³/mol. The first-order chi connectivity index (χ1) is 8.06. The molecule has 0 radical (unpaired) electrons. The molecule has 0 saturated heterocycles. The maximum atomic E-state index is 13.4. The molecule has 0 saturated carbocycles. The molecule has 1 aromatic carbocycles. The number of hydrogen-bond donors (Lipinski definition) is 1. The average molecular weight is 243 g/mol. The third-order valence-corrected chi connectivity index (χ3v) is 2.65. The highest BCUT2D eigenvalue weighted by Crippen LogP contribution is 2.20. The Hall–Kier alpha value is -1.16. The minimum atomic E-state index is -0.929. The second-order valence-electron chi connectivity index (χ2n) is 4.12. The molecular formula is C13H19F2NO. The van der Waals surface area contributed by atoms with E-state index in [2.05, 4.69) is 12.2 Å². The van der Waals surface area contributed by atoms with Gasteiger partial charge in [-0.15, -0.1) is 0 Å². The van der Waals surface area contributed by atoms with Gasteiger partial charge in [0.15, 0.2) is 11.6 Å². The summed E-state index contributed by atoms with van der Waals surface area (Å²) < 4.78 is 31.7. The van der Waals surface area contributed by atoms with Crippen molar-refractivity contribution in [3.8, 4) is 5.75 Å². The minimum Gasteiger partial charge on any atom is -0.486 e. The van der Waals surface area contributed by atoms with E-state index in [0.717, 1.165) is 19.0 Å². The van der Waals surface area contributed by atoms with Crippen molar-refractivity contribution in [1.29, 1.82) is 0 Å². The van der Waals surface area contributed by atoms with Crippen LogP contribution in [0.25, 0.3) is 0 Å². The third kappa shape index (κ3) is 3.97. The van der Waals surface area contributed by atoms with Crippen molar-refractivity contribution in [3.05, 3.63) is 29.8 Å². The fourth-order valence-corrected chi connectivity index (χ4v) is 1.42. The van der Waals surface area contributed by atoms with Gasteiger partial charge in [0.2, 0.25) is 5.82 Å². The summed E-state index contributed by atoms with van der Waals surface area (Å²) in [5, 5.41) is 3.25. The molecule has 17 heavy (non-hydrogen) atoms. The van der Waals surface area contributed by atoms with E-state index >= 15 is 0 Å². The van der Waals surface area contributed by atoms with Crippen LogP contribution in [-0.4, -0.2) is 18.7 Å². The summed E-state index contributed by atoms with van der Waals surface area (Å²) in [7, 11) is 0. The zero-order chi connectivity index (χ0) is 12.8. The molecule has 2 atom stereocenters. The monoisotopic (exact) mass is 243 g/mol. The summed E-state index contributed by atoms with van der Waals surface area (Å²) in [4.78, 5) is 0. The Labute approximate surface area is 101 Å². The molecule has 0 aliphatic heterocycles. The molecule has 0 heterocycles. The molecule has 1 aromatic rings. The first-order valence-corrected chi connectivity index (χ1v) is 5.90. The van der Waals surface area contributed by atoms with Crippen LogP contribution in [0.5, 0.6) is 5.75 Å². The van der Waals surface area contributed by atoms with E-state index in [9.17, 15) is 8.78 Å². The van der Waals surface area contributed by atoms with Gasteiger partial charge in [0, 0.05) is 6.04 Å². The predicted octanol–water partition coefficient (Wildman–Crippen LogP) is 3.12. The SMILES string of the molecule is CCCNC(C)C(C)Oc1cccc(F)c1F. The summed E-state index contributed by atoms with van der Waals surface area (Å²) in [5.41, 5.74) is 0. The van der Waals surface area contributed by atoms with Crippen LogP contribution in [0.15, 0.2) is 18.2 Å². The zero-order valence-electron chi connectivity index (χ0n) is 10.5. The first-order valence-electron chi connectivity index (χ1n) is 5.90. The van der Waals surface area contributed by atoms with Gasteiger partial charge >= 0.3 is 0 Å². The van der Waals surface area contributed by atoms with Crippen LogP contribution < -0.4 is 10.1 Å². The maximum absolute atomic E-state index is 13.4. The largest absolute Gasteiger partial charge is 0.486 e. The van der Waals surface area contributed by atoms with Gasteiger partial charge in [0.1, 0.15) is 6.10 Å². The van der Waals surface area contributed by atoms with Gasteiger partial charge in [0.25, 0.3) is 0 Å². The van der Waals surface area contributed by atoms with E-state index in [4.69, 9.17) is 4.74 Å². The van der Waals surface area contributed by atoms with Crippen molar-refractivity contribution < 1.29 is 13.5 Å². The van der Waals surface area contributed by atoms with Gasteiger partial charge in [-0.3, -0.25) is 0 Å². The highest BCUT2D eigenvalue weighted by molar-refractivity contribution is 5.25. The average Bonchev–Trinajstić information content (AvgIpc) is 2.31. The van der Waals surface area contributed by atoms with Crippen LogP contribution in [0.3, 0.4) is 0 Å². The van der Waals surface area contributed by atoms with Gasteiger partial charge in [-0.05, 0) is 38.9 Å². The lowest BCUT2D eigenvalue weighted by Gasteiger charge is -2.22. The van der Waals surface area contributed by atoms with E-state index in [-0.39, 0.29) is 17.9 Å². The van der Waals surface area contributed by atoms with Gasteiger partial charge in [-0.1, -0.05) is 13.0 Å². The van der Waals surface area contributed by atoms with E-state index in [1.165, 1.54) is 12.1 Å². The fraction of sp³-hybridized carbons (Fsp3) is 0.538. The molecule has 0 aliphatic carbocycles. The lowest BCUT2D eigenvalue weighted by molar-refractivity contribution is 0.169. The van der Waals surface area contributed by atoms with Crippen molar-refractivity contribution in [1.82, 2.24) is 5.32 Å². The standard InChI is InChI=1S/C13H19F2NO/c1-4-8-16-9(2)10(3)17-12-7-5-6-11(14)13(12)15/h5-7,9-10,16H,4,8H2,1-3H3. The summed E-state index contributed by atoms with van der Waals surface area (Å²) >= 11 is 0. The first kappa shape index (κ1) is 13.9. The molecular weight excluding hydrogens is 224 g/mol. The van der Waals surface area contributed by atoms with Crippen LogP contribution in [-0.2, 0) is 0 Å². The molecule has 0 aromatic heterocycles. The van der Waals surface area contributed by atoms with Gasteiger partial charge in [0.05, 0.1) is 0 Å². The number of benzene rings is 1. The van der Waals surface area contributed by atoms with Gasteiger partial charge < -0.3 is 10.1 Å². The number of rotatable bonds is 6. The molecule has 0 amide bonds. The summed E-state index contributed by atoms with van der Waals surface area (Å²) in [5.74, 6) is -1.85. The molecule has 0 aliphatic rings. The van der Waals surface area contributed by atoms with Crippen molar-refractivity contribution in [3.63, 3.8) is 0 Å². The normalized spacial score (nSPS) is 14.4. The number of ether oxygens (including phenoxy) is 1. The number of halogens is 2. The van der Waals surface area contributed by atoms with E-state index in [0.29, 0.717) is 0 Å². The maximum Gasteiger partial charge on any atom is 0.200 e. The van der Waals surface area contributed by atoms with E-state index < -0.39 is 11.6 Å². The Morgan fingerprint density at radius 3 is 2.65 bits per heavy atom. The Morgan fingerprint density at radius 2 is 2.00 bits per heavy atom. The minimum absolute atomic E-state index is 0.0392. The Morgan fingerprint density at radius 1 is 1.29 bits per heavy atom. The second kappa shape index (κ2) is 6.55. The summed E-state index contributed by atoms with van der Waals surface area (Å²) in [6, 6.07) is 4.02. The van der Waals surface area contributed by atoms with Crippen LogP contribution in [0.2, 0.25) is 0 Å². The Bertz CT molecular complexity index is 357. The lowest BCUT2D eigenvalue weighted by Crippen LogP contribution is -2.39. The molecule has 4 heteroatoms. The molecule has 1 N–H and O–H groups in total. The highest BCUT2D eigenvalue weighted by Gasteiger charge is 2.16. The molecule has 2 nitrogen and oxygen atoms in total. The number of nitrogens with one attached hydrogen (secondary N) is 1. The van der Waals surface area contributed by atoms with Crippen molar-refractivity contribution >= 4 is 0 Å². The molecule has 0 fully saturated rings. The second-order valence-corrected chi connectivity index (χ2v) is 4.12. The molecule has 1 rings (SSSR count). The van der Waals surface area contributed by atoms with Crippen LogP contribution in [0, 0.1) is 11.6 Å². The topological polar surface area (TPSA) is 21.3 Å². The van der Waals surface area contributed by atoms with E-state index in [1.54, 1.807) is 0 Å². The van der Waals surface area contributed by atoms with Crippen molar-refractivity contribution in [2.45, 2.75) is 39.3 Å². The molecule has 96 valence electrons. The summed E-state index contributed by atoms with van der Waals surface area (Å²) in [6.45, 7) is 6.73. The van der Waals surface area contributed by atoms with Crippen molar-refractivity contribution in [2.24, 2.45) is 0 Å². The quantitative estimate of drug-likeness (QED) is 0.828. The Balaban J connectivity index is 2.61. The van der Waals surface area contributed by atoms with Crippen LogP contribution in [0.1, 0.15) is 27.2 Å². The fourth-order valence-electron chi connectivity index (χ4n) is 1.42. The Kier molecular flexibility index (Phi) is 5.35. The molecule has 0 spiro atoms. The molecule has 2 unspecified atom stereocenters. The van der Waals surface area contributed by atoms with Crippen molar-refractivity contribution in [2.75, 3.05) is 6.54 Å². The van der Waals surface area contributed by atoms with Crippen LogP contribution in [0.4, 0.5) is 8.78 Å². The van der Waals surface area contributed by atoms with Crippen LogP contribution >= 0.6 is 0 Å². The highest BCUT2D eigenvalue weighted by atomic mass is 19.2. The smallest absolute Gasteiger partial charge is 0.200 e.